The lowest BCUT2D eigenvalue weighted by Crippen LogP contribution is -2.45. The maximum Gasteiger partial charge on any atom is 0.244 e. The standard InChI is InChI=1S/C17H26N2O/c1-3-19(15-7-5-4-6-8-15)17(20)16(18)14-11-9-13(2)10-12-14/h9-12,15-16H,3-8,18H2,1-2H3. The molecule has 1 aliphatic carbocycles. The number of benzene rings is 1. The van der Waals surface area contributed by atoms with Crippen LogP contribution in [0.25, 0.3) is 0 Å². The minimum Gasteiger partial charge on any atom is -0.338 e. The van der Waals surface area contributed by atoms with Crippen LogP contribution in [0, 0.1) is 6.92 Å². The van der Waals surface area contributed by atoms with Gasteiger partial charge in [0.15, 0.2) is 0 Å². The summed E-state index contributed by atoms with van der Waals surface area (Å²) in [6, 6.07) is 7.81. The molecule has 0 spiro atoms. The third kappa shape index (κ3) is 3.40. The number of hydrogen-bond donors (Lipinski definition) is 1. The van der Waals surface area contributed by atoms with E-state index >= 15 is 0 Å². The van der Waals surface area contributed by atoms with E-state index in [-0.39, 0.29) is 5.91 Å². The van der Waals surface area contributed by atoms with Crippen molar-refractivity contribution in [1.82, 2.24) is 4.90 Å². The highest BCUT2D eigenvalue weighted by Crippen LogP contribution is 2.25. The smallest absolute Gasteiger partial charge is 0.244 e. The summed E-state index contributed by atoms with van der Waals surface area (Å²) in [4.78, 5) is 14.6. The molecule has 1 aliphatic rings. The van der Waals surface area contributed by atoms with Gasteiger partial charge < -0.3 is 10.6 Å². The number of nitrogens with zero attached hydrogens (tertiary/aromatic N) is 1. The zero-order chi connectivity index (χ0) is 14.5. The van der Waals surface area contributed by atoms with E-state index in [0.29, 0.717) is 6.04 Å². The molecule has 1 aromatic carbocycles. The van der Waals surface area contributed by atoms with Gasteiger partial charge in [-0.05, 0) is 32.3 Å². The predicted molar refractivity (Wildman–Crippen MR) is 82.4 cm³/mol. The normalized spacial score (nSPS) is 17.8. The van der Waals surface area contributed by atoms with E-state index in [1.165, 1.54) is 24.8 Å². The molecule has 0 bridgehead atoms. The molecule has 1 saturated carbocycles. The van der Waals surface area contributed by atoms with Gasteiger partial charge in [0, 0.05) is 12.6 Å². The number of aryl methyl sites for hydroxylation is 1. The molecule has 3 nitrogen and oxygen atoms in total. The minimum absolute atomic E-state index is 0.0725. The Balaban J connectivity index is 2.08. The third-order valence-corrected chi connectivity index (χ3v) is 4.34. The Bertz CT molecular complexity index is 435. The molecule has 1 fully saturated rings. The molecule has 1 unspecified atom stereocenters. The second-order valence-corrected chi connectivity index (χ2v) is 5.80. The Morgan fingerprint density at radius 1 is 1.25 bits per heavy atom. The molecule has 20 heavy (non-hydrogen) atoms. The first-order valence-electron chi connectivity index (χ1n) is 7.76. The van der Waals surface area contributed by atoms with Gasteiger partial charge in [-0.1, -0.05) is 49.1 Å². The molecular formula is C17H26N2O. The van der Waals surface area contributed by atoms with Crippen LogP contribution in [0.1, 0.15) is 56.2 Å². The van der Waals surface area contributed by atoms with Gasteiger partial charge in [0.05, 0.1) is 0 Å². The summed E-state index contributed by atoms with van der Waals surface area (Å²) in [5, 5.41) is 0. The highest BCUT2D eigenvalue weighted by atomic mass is 16.2. The molecular weight excluding hydrogens is 248 g/mol. The lowest BCUT2D eigenvalue weighted by Gasteiger charge is -2.35. The van der Waals surface area contributed by atoms with E-state index in [1.807, 2.05) is 43.0 Å². The average molecular weight is 274 g/mol. The molecule has 1 atom stereocenters. The van der Waals surface area contributed by atoms with Crippen LogP contribution in [-0.4, -0.2) is 23.4 Å². The van der Waals surface area contributed by atoms with Gasteiger partial charge in [0.1, 0.15) is 6.04 Å². The molecule has 0 heterocycles. The molecule has 0 aliphatic heterocycles. The molecule has 2 rings (SSSR count). The van der Waals surface area contributed by atoms with Crippen LogP contribution >= 0.6 is 0 Å². The summed E-state index contributed by atoms with van der Waals surface area (Å²) < 4.78 is 0. The Kier molecular flexibility index (Phi) is 5.18. The predicted octanol–water partition coefficient (Wildman–Crippen LogP) is 3.18. The summed E-state index contributed by atoms with van der Waals surface area (Å²) in [5.41, 5.74) is 8.28. The number of likely N-dealkylation sites (N-methyl/N-ethyl adjacent to an activating group) is 1. The monoisotopic (exact) mass is 274 g/mol. The van der Waals surface area contributed by atoms with Crippen molar-refractivity contribution >= 4 is 5.91 Å². The number of hydrogen-bond acceptors (Lipinski definition) is 2. The van der Waals surface area contributed by atoms with E-state index in [9.17, 15) is 4.79 Å². The summed E-state index contributed by atoms with van der Waals surface area (Å²) in [5.74, 6) is 0.0725. The lowest BCUT2D eigenvalue weighted by molar-refractivity contribution is -0.135. The van der Waals surface area contributed by atoms with E-state index in [4.69, 9.17) is 5.73 Å². The molecule has 0 radical (unpaired) electrons. The topological polar surface area (TPSA) is 46.3 Å². The Morgan fingerprint density at radius 2 is 1.85 bits per heavy atom. The van der Waals surface area contributed by atoms with Crippen molar-refractivity contribution in [1.29, 1.82) is 0 Å². The van der Waals surface area contributed by atoms with Gasteiger partial charge in [-0.15, -0.1) is 0 Å². The SMILES string of the molecule is CCN(C(=O)C(N)c1ccc(C)cc1)C1CCCCC1. The van der Waals surface area contributed by atoms with Crippen molar-refractivity contribution < 1.29 is 4.79 Å². The lowest BCUT2D eigenvalue weighted by atomic mass is 9.93. The van der Waals surface area contributed by atoms with Crippen LogP contribution in [0.15, 0.2) is 24.3 Å². The molecule has 2 N–H and O–H groups in total. The van der Waals surface area contributed by atoms with Gasteiger partial charge in [-0.25, -0.2) is 0 Å². The van der Waals surface area contributed by atoms with Crippen molar-refractivity contribution in [3.8, 4) is 0 Å². The van der Waals surface area contributed by atoms with Gasteiger partial charge in [-0.2, -0.15) is 0 Å². The highest BCUT2D eigenvalue weighted by molar-refractivity contribution is 5.83. The number of carbonyl (C=O) groups is 1. The minimum atomic E-state index is -0.530. The fourth-order valence-electron chi connectivity index (χ4n) is 3.08. The number of rotatable bonds is 4. The molecule has 3 heteroatoms. The van der Waals surface area contributed by atoms with E-state index < -0.39 is 6.04 Å². The van der Waals surface area contributed by atoms with Crippen LogP contribution in [0.3, 0.4) is 0 Å². The average Bonchev–Trinajstić information content (AvgIpc) is 2.49. The van der Waals surface area contributed by atoms with Gasteiger partial charge in [-0.3, -0.25) is 4.79 Å². The van der Waals surface area contributed by atoms with Crippen LogP contribution in [-0.2, 0) is 4.79 Å². The number of carbonyl (C=O) groups excluding carboxylic acids is 1. The van der Waals surface area contributed by atoms with Gasteiger partial charge in [0.25, 0.3) is 0 Å². The molecule has 0 aromatic heterocycles. The van der Waals surface area contributed by atoms with Crippen molar-refractivity contribution in [2.24, 2.45) is 5.73 Å². The quantitative estimate of drug-likeness (QED) is 0.916. The molecule has 110 valence electrons. The first-order chi connectivity index (χ1) is 9.63. The summed E-state index contributed by atoms with van der Waals surface area (Å²) in [6.07, 6.45) is 6.01. The molecule has 1 amide bonds. The summed E-state index contributed by atoms with van der Waals surface area (Å²) in [7, 11) is 0. The van der Waals surface area contributed by atoms with Crippen LogP contribution < -0.4 is 5.73 Å². The maximum atomic E-state index is 12.7. The fourth-order valence-corrected chi connectivity index (χ4v) is 3.08. The van der Waals surface area contributed by atoms with E-state index in [1.54, 1.807) is 0 Å². The highest BCUT2D eigenvalue weighted by Gasteiger charge is 2.28. The first kappa shape index (κ1) is 15.0. The number of nitrogens with two attached hydrogens (primary N) is 1. The first-order valence-corrected chi connectivity index (χ1v) is 7.76. The summed E-state index contributed by atoms with van der Waals surface area (Å²) >= 11 is 0. The Labute approximate surface area is 122 Å². The number of amides is 1. The van der Waals surface area contributed by atoms with E-state index in [2.05, 4.69) is 0 Å². The van der Waals surface area contributed by atoms with Crippen molar-refractivity contribution in [3.05, 3.63) is 35.4 Å². The fraction of sp³-hybridized carbons (Fsp3) is 0.588. The molecule has 0 saturated heterocycles. The molecule has 1 aromatic rings. The van der Waals surface area contributed by atoms with E-state index in [0.717, 1.165) is 24.9 Å². The van der Waals surface area contributed by atoms with Crippen LogP contribution in [0.2, 0.25) is 0 Å². The zero-order valence-electron chi connectivity index (χ0n) is 12.6. The Hall–Kier alpha value is -1.35. The third-order valence-electron chi connectivity index (χ3n) is 4.34. The van der Waals surface area contributed by atoms with Gasteiger partial charge >= 0.3 is 0 Å². The van der Waals surface area contributed by atoms with Crippen molar-refractivity contribution in [2.75, 3.05) is 6.54 Å². The van der Waals surface area contributed by atoms with Crippen molar-refractivity contribution in [3.63, 3.8) is 0 Å². The maximum absolute atomic E-state index is 12.7. The second kappa shape index (κ2) is 6.89. The zero-order valence-corrected chi connectivity index (χ0v) is 12.6. The van der Waals surface area contributed by atoms with Crippen LogP contribution in [0.5, 0.6) is 0 Å². The second-order valence-electron chi connectivity index (χ2n) is 5.80. The van der Waals surface area contributed by atoms with Gasteiger partial charge in [0.2, 0.25) is 5.91 Å². The summed E-state index contributed by atoms with van der Waals surface area (Å²) in [6.45, 7) is 4.84. The largest absolute Gasteiger partial charge is 0.338 e. The van der Waals surface area contributed by atoms with Crippen molar-refractivity contribution in [2.45, 2.75) is 58.0 Å². The Morgan fingerprint density at radius 3 is 2.40 bits per heavy atom. The van der Waals surface area contributed by atoms with Crippen LogP contribution in [0.4, 0.5) is 0 Å².